The molecule has 2 aromatic rings. The van der Waals surface area contributed by atoms with Crippen LogP contribution in [-0.2, 0) is 0 Å². The van der Waals surface area contributed by atoms with E-state index < -0.39 is 0 Å². The van der Waals surface area contributed by atoms with Gasteiger partial charge in [-0.2, -0.15) is 0 Å². The van der Waals surface area contributed by atoms with E-state index in [1.807, 2.05) is 18.2 Å². The molecule has 4 heteroatoms. The summed E-state index contributed by atoms with van der Waals surface area (Å²) in [7, 11) is 1.61. The highest BCUT2D eigenvalue weighted by molar-refractivity contribution is 6.08. The summed E-state index contributed by atoms with van der Waals surface area (Å²) in [5.41, 5.74) is 2.03. The SMILES string of the molecule is COc1ccc2occ(/C(C)=N\O)c2c1. The van der Waals surface area contributed by atoms with Crippen LogP contribution in [0.2, 0.25) is 0 Å². The first-order valence-corrected chi connectivity index (χ1v) is 4.50. The van der Waals surface area contributed by atoms with Crippen molar-refractivity contribution in [1.82, 2.24) is 0 Å². The lowest BCUT2D eigenvalue weighted by molar-refractivity contribution is 0.319. The van der Waals surface area contributed by atoms with Crippen LogP contribution in [0.25, 0.3) is 11.0 Å². The molecule has 0 saturated carbocycles. The standard InChI is InChI=1S/C11H11NO3/c1-7(12-13)10-6-15-11-4-3-8(14-2)5-9(10)11/h3-6,13H,1-2H3/b12-7-. The van der Waals surface area contributed by atoms with Crippen molar-refractivity contribution >= 4 is 16.7 Å². The number of benzene rings is 1. The van der Waals surface area contributed by atoms with Gasteiger partial charge in [-0.3, -0.25) is 0 Å². The van der Waals surface area contributed by atoms with E-state index in [4.69, 9.17) is 14.4 Å². The fraction of sp³-hybridized carbons (Fsp3) is 0.182. The molecule has 1 aromatic carbocycles. The van der Waals surface area contributed by atoms with Crippen LogP contribution < -0.4 is 4.74 Å². The highest BCUT2D eigenvalue weighted by Gasteiger charge is 2.09. The quantitative estimate of drug-likeness (QED) is 0.466. The van der Waals surface area contributed by atoms with Crippen LogP contribution in [0.4, 0.5) is 0 Å². The number of fused-ring (bicyclic) bond motifs is 1. The summed E-state index contributed by atoms with van der Waals surface area (Å²) in [4.78, 5) is 0. The summed E-state index contributed by atoms with van der Waals surface area (Å²) in [6, 6.07) is 5.49. The van der Waals surface area contributed by atoms with Gasteiger partial charge < -0.3 is 14.4 Å². The molecule has 2 rings (SSSR count). The van der Waals surface area contributed by atoms with Gasteiger partial charge >= 0.3 is 0 Å². The Hall–Kier alpha value is -1.97. The maximum Gasteiger partial charge on any atom is 0.134 e. The largest absolute Gasteiger partial charge is 0.497 e. The summed E-state index contributed by atoms with van der Waals surface area (Å²) in [5.74, 6) is 0.746. The van der Waals surface area contributed by atoms with Crippen LogP contribution in [0, 0.1) is 0 Å². The van der Waals surface area contributed by atoms with Crippen molar-refractivity contribution in [1.29, 1.82) is 0 Å². The van der Waals surface area contributed by atoms with E-state index in [1.165, 1.54) is 0 Å². The molecule has 78 valence electrons. The van der Waals surface area contributed by atoms with Crippen LogP contribution in [0.1, 0.15) is 12.5 Å². The summed E-state index contributed by atoms with van der Waals surface area (Å²) in [5, 5.41) is 12.7. The van der Waals surface area contributed by atoms with E-state index in [1.54, 1.807) is 20.3 Å². The fourth-order valence-electron chi connectivity index (χ4n) is 1.47. The van der Waals surface area contributed by atoms with Gasteiger partial charge in [0.05, 0.1) is 12.8 Å². The third-order valence-corrected chi connectivity index (χ3v) is 2.32. The number of rotatable bonds is 2. The van der Waals surface area contributed by atoms with Crippen LogP contribution in [-0.4, -0.2) is 18.0 Å². The molecule has 0 radical (unpaired) electrons. The smallest absolute Gasteiger partial charge is 0.134 e. The van der Waals surface area contributed by atoms with Crippen LogP contribution >= 0.6 is 0 Å². The van der Waals surface area contributed by atoms with Gasteiger partial charge in [0.1, 0.15) is 17.6 Å². The van der Waals surface area contributed by atoms with Crippen LogP contribution in [0.3, 0.4) is 0 Å². The maximum atomic E-state index is 8.71. The lowest BCUT2D eigenvalue weighted by Gasteiger charge is -1.99. The van der Waals surface area contributed by atoms with Crippen molar-refractivity contribution in [3.63, 3.8) is 0 Å². The topological polar surface area (TPSA) is 55.0 Å². The number of methoxy groups -OCH3 is 1. The second-order valence-corrected chi connectivity index (χ2v) is 3.20. The van der Waals surface area contributed by atoms with Crippen molar-refractivity contribution in [2.45, 2.75) is 6.92 Å². The first kappa shape index (κ1) is 9.58. The van der Waals surface area contributed by atoms with Gasteiger partial charge in [0, 0.05) is 10.9 Å². The molecular weight excluding hydrogens is 194 g/mol. The minimum Gasteiger partial charge on any atom is -0.497 e. The highest BCUT2D eigenvalue weighted by atomic mass is 16.5. The van der Waals surface area contributed by atoms with Crippen molar-refractivity contribution in [3.8, 4) is 5.75 Å². The Labute approximate surface area is 86.8 Å². The first-order valence-electron chi connectivity index (χ1n) is 4.50. The molecule has 0 bridgehead atoms. The highest BCUT2D eigenvalue weighted by Crippen LogP contribution is 2.26. The summed E-state index contributed by atoms with van der Waals surface area (Å²) in [6.07, 6.45) is 1.57. The van der Waals surface area contributed by atoms with E-state index in [0.29, 0.717) is 5.71 Å². The number of nitrogens with zero attached hydrogens (tertiary/aromatic N) is 1. The zero-order chi connectivity index (χ0) is 10.8. The van der Waals surface area contributed by atoms with E-state index >= 15 is 0 Å². The first-order chi connectivity index (χ1) is 7.26. The summed E-state index contributed by atoms with van der Waals surface area (Å²) >= 11 is 0. The molecule has 0 aliphatic rings. The minimum atomic E-state index is 0.516. The molecule has 0 saturated heterocycles. The zero-order valence-electron chi connectivity index (χ0n) is 8.52. The summed E-state index contributed by atoms with van der Waals surface area (Å²) in [6.45, 7) is 1.71. The molecule has 0 amide bonds. The Morgan fingerprint density at radius 1 is 1.47 bits per heavy atom. The molecule has 0 spiro atoms. The molecular formula is C11H11NO3. The van der Waals surface area contributed by atoms with Crippen molar-refractivity contribution < 1.29 is 14.4 Å². The molecule has 4 nitrogen and oxygen atoms in total. The number of hydrogen-bond acceptors (Lipinski definition) is 4. The molecule has 15 heavy (non-hydrogen) atoms. The van der Waals surface area contributed by atoms with Gasteiger partial charge in [-0.1, -0.05) is 5.16 Å². The predicted molar refractivity (Wildman–Crippen MR) is 56.8 cm³/mol. The number of oxime groups is 1. The molecule has 0 aliphatic carbocycles. The third kappa shape index (κ3) is 1.54. The van der Waals surface area contributed by atoms with E-state index in [0.717, 1.165) is 22.3 Å². The molecule has 1 N–H and O–H groups in total. The summed E-state index contributed by atoms with van der Waals surface area (Å²) < 4.78 is 10.4. The van der Waals surface area contributed by atoms with Gasteiger partial charge in [0.25, 0.3) is 0 Å². The van der Waals surface area contributed by atoms with E-state index in [-0.39, 0.29) is 0 Å². The molecule has 0 unspecified atom stereocenters. The third-order valence-electron chi connectivity index (χ3n) is 2.32. The number of ether oxygens (including phenoxy) is 1. The molecule has 0 aliphatic heterocycles. The van der Waals surface area contributed by atoms with Gasteiger partial charge in [-0.15, -0.1) is 0 Å². The average Bonchev–Trinajstić information content (AvgIpc) is 2.70. The average molecular weight is 205 g/mol. The lowest BCUT2D eigenvalue weighted by atomic mass is 10.1. The van der Waals surface area contributed by atoms with Crippen molar-refractivity contribution in [2.75, 3.05) is 7.11 Å². The van der Waals surface area contributed by atoms with Gasteiger partial charge in [0.15, 0.2) is 0 Å². The van der Waals surface area contributed by atoms with Crippen molar-refractivity contribution in [3.05, 3.63) is 30.0 Å². The van der Waals surface area contributed by atoms with Crippen molar-refractivity contribution in [2.24, 2.45) is 5.16 Å². The molecule has 0 atom stereocenters. The fourth-order valence-corrected chi connectivity index (χ4v) is 1.47. The zero-order valence-corrected chi connectivity index (χ0v) is 8.52. The number of furan rings is 1. The maximum absolute atomic E-state index is 8.71. The Morgan fingerprint density at radius 3 is 2.93 bits per heavy atom. The predicted octanol–water partition coefficient (Wildman–Crippen LogP) is 2.64. The van der Waals surface area contributed by atoms with E-state index in [2.05, 4.69) is 5.16 Å². The number of hydrogen-bond donors (Lipinski definition) is 1. The normalized spacial score (nSPS) is 12.0. The molecule has 1 heterocycles. The second kappa shape index (κ2) is 3.65. The van der Waals surface area contributed by atoms with Crippen LogP contribution in [0.15, 0.2) is 34.0 Å². The lowest BCUT2D eigenvalue weighted by Crippen LogP contribution is -1.92. The Morgan fingerprint density at radius 2 is 2.27 bits per heavy atom. The van der Waals surface area contributed by atoms with Gasteiger partial charge in [-0.05, 0) is 25.1 Å². The van der Waals surface area contributed by atoms with Gasteiger partial charge in [0.2, 0.25) is 0 Å². The van der Waals surface area contributed by atoms with E-state index in [9.17, 15) is 0 Å². The Bertz CT molecular complexity index is 514. The van der Waals surface area contributed by atoms with Gasteiger partial charge in [-0.25, -0.2) is 0 Å². The molecule has 0 fully saturated rings. The monoisotopic (exact) mass is 205 g/mol. The van der Waals surface area contributed by atoms with Crippen LogP contribution in [0.5, 0.6) is 5.75 Å². The second-order valence-electron chi connectivity index (χ2n) is 3.20. The minimum absolute atomic E-state index is 0.516. The Kier molecular flexibility index (Phi) is 2.33. The molecule has 1 aromatic heterocycles. The Balaban J connectivity index is 2.66.